The molecule has 0 bridgehead atoms. The number of piperidine rings is 2. The number of urea groups is 1. The highest BCUT2D eigenvalue weighted by molar-refractivity contribution is 6.31. The topological polar surface area (TPSA) is 149 Å². The number of hydrogen-bond acceptors (Lipinski definition) is 9. The number of carbonyl (C=O) groups excluding carboxylic acids is 3. The summed E-state index contributed by atoms with van der Waals surface area (Å²) in [5, 5.41) is 24.5. The number of hydrogen-bond donors (Lipinski definition) is 2. The number of imide groups is 1. The first-order valence-electron chi connectivity index (χ1n) is 19.6. The van der Waals surface area contributed by atoms with Crippen LogP contribution in [0.25, 0.3) is 10.9 Å². The molecule has 5 heterocycles. The van der Waals surface area contributed by atoms with E-state index in [0.29, 0.717) is 47.5 Å². The molecule has 0 unspecified atom stereocenters. The summed E-state index contributed by atoms with van der Waals surface area (Å²) >= 11 is 6.14. The van der Waals surface area contributed by atoms with Gasteiger partial charge in [-0.3, -0.25) is 19.8 Å². The van der Waals surface area contributed by atoms with E-state index in [1.54, 1.807) is 29.2 Å². The number of benzene rings is 2. The van der Waals surface area contributed by atoms with E-state index in [-0.39, 0.29) is 36.4 Å². The van der Waals surface area contributed by atoms with Crippen molar-refractivity contribution in [2.75, 3.05) is 49.1 Å². The van der Waals surface area contributed by atoms with E-state index in [4.69, 9.17) is 21.6 Å². The molecule has 2 atom stereocenters. The van der Waals surface area contributed by atoms with Crippen molar-refractivity contribution in [2.45, 2.75) is 75.7 Å². The molecule has 3 saturated heterocycles. The molecular formula is C41H45ClFN9O4. The minimum atomic E-state index is -1.03. The van der Waals surface area contributed by atoms with Crippen LogP contribution in [0, 0.1) is 17.2 Å². The summed E-state index contributed by atoms with van der Waals surface area (Å²) in [6.45, 7) is 3.99. The van der Waals surface area contributed by atoms with Gasteiger partial charge in [0.15, 0.2) is 11.5 Å². The Morgan fingerprint density at radius 3 is 2.52 bits per heavy atom. The van der Waals surface area contributed by atoms with Crippen LogP contribution in [0.3, 0.4) is 0 Å². The van der Waals surface area contributed by atoms with E-state index >= 15 is 4.39 Å². The normalized spacial score (nSPS) is 23.8. The van der Waals surface area contributed by atoms with Gasteiger partial charge in [-0.25, -0.2) is 9.18 Å². The number of amides is 4. The number of aromatic nitrogens is 3. The quantitative estimate of drug-likeness (QED) is 0.208. The number of nitrogens with one attached hydrogen (secondary N) is 2. The lowest BCUT2D eigenvalue weighted by atomic mass is 9.92. The van der Waals surface area contributed by atoms with Crippen molar-refractivity contribution < 1.29 is 23.5 Å². The third kappa shape index (κ3) is 8.15. The Balaban J connectivity index is 0.774. The average Bonchev–Trinajstić information content (AvgIpc) is 3.64. The second-order valence-corrected chi connectivity index (χ2v) is 15.8. The van der Waals surface area contributed by atoms with E-state index in [0.717, 1.165) is 87.1 Å². The van der Waals surface area contributed by atoms with Gasteiger partial charge in [0.05, 0.1) is 33.9 Å². The SMILES string of the molecule is N#Cc1ccc(OC2CCC(NC(=O)c3ccc(N4CCC(CN5CC[C@H](n6ccc7c(N8CCC(=O)NC8=O)cccc76)[C@@H](F)C5)CC4)nn3)CC2)cc1Cl. The zero-order chi connectivity index (χ0) is 38.8. The fraction of sp³-hybridized carbons (Fsp3) is 0.463. The maximum Gasteiger partial charge on any atom is 0.328 e. The predicted molar refractivity (Wildman–Crippen MR) is 210 cm³/mol. The van der Waals surface area contributed by atoms with Crippen LogP contribution < -0.4 is 25.2 Å². The molecule has 0 spiro atoms. The van der Waals surface area contributed by atoms with Crippen molar-refractivity contribution in [3.8, 4) is 11.8 Å². The van der Waals surface area contributed by atoms with Gasteiger partial charge in [-0.2, -0.15) is 5.26 Å². The summed E-state index contributed by atoms with van der Waals surface area (Å²) in [6, 6.07) is 17.7. The molecule has 8 rings (SSSR count). The van der Waals surface area contributed by atoms with Crippen LogP contribution in [0.1, 0.15) is 73.5 Å². The molecule has 2 aromatic carbocycles. The summed E-state index contributed by atoms with van der Waals surface area (Å²) < 4.78 is 24.0. The first-order valence-corrected chi connectivity index (χ1v) is 19.9. The molecule has 4 aromatic rings. The zero-order valence-corrected chi connectivity index (χ0v) is 31.8. The number of likely N-dealkylation sites (tertiary alicyclic amines) is 1. The van der Waals surface area contributed by atoms with E-state index in [2.05, 4.69) is 36.7 Å². The Kier molecular flexibility index (Phi) is 11.1. The largest absolute Gasteiger partial charge is 0.490 e. The van der Waals surface area contributed by atoms with Crippen LogP contribution in [0.2, 0.25) is 5.02 Å². The second kappa shape index (κ2) is 16.5. The van der Waals surface area contributed by atoms with Crippen LogP contribution in [0.4, 0.5) is 20.7 Å². The molecule has 3 aliphatic heterocycles. The van der Waals surface area contributed by atoms with Gasteiger partial charge in [0.1, 0.15) is 18.0 Å². The third-order valence-electron chi connectivity index (χ3n) is 11.7. The number of halogens is 2. The molecule has 1 saturated carbocycles. The van der Waals surface area contributed by atoms with E-state index < -0.39 is 12.2 Å². The summed E-state index contributed by atoms with van der Waals surface area (Å²) in [5.41, 5.74) is 2.31. The van der Waals surface area contributed by atoms with Crippen molar-refractivity contribution in [1.29, 1.82) is 5.26 Å². The Labute approximate surface area is 329 Å². The first-order chi connectivity index (χ1) is 27.2. The third-order valence-corrected chi connectivity index (χ3v) is 12.1. The lowest BCUT2D eigenvalue weighted by Gasteiger charge is -2.39. The molecule has 15 heteroatoms. The van der Waals surface area contributed by atoms with Crippen LogP contribution >= 0.6 is 11.6 Å². The lowest BCUT2D eigenvalue weighted by molar-refractivity contribution is -0.120. The van der Waals surface area contributed by atoms with E-state index in [1.807, 2.05) is 41.1 Å². The number of fused-ring (bicyclic) bond motifs is 1. The number of rotatable bonds is 9. The van der Waals surface area contributed by atoms with E-state index in [9.17, 15) is 14.4 Å². The Morgan fingerprint density at radius 1 is 0.982 bits per heavy atom. The van der Waals surface area contributed by atoms with Gasteiger partial charge < -0.3 is 24.4 Å². The van der Waals surface area contributed by atoms with Gasteiger partial charge in [0.25, 0.3) is 5.91 Å². The van der Waals surface area contributed by atoms with Gasteiger partial charge in [-0.15, -0.1) is 10.2 Å². The second-order valence-electron chi connectivity index (χ2n) is 15.3. The van der Waals surface area contributed by atoms with E-state index in [1.165, 1.54) is 0 Å². The van der Waals surface area contributed by atoms with Gasteiger partial charge in [-0.05, 0) is 93.3 Å². The molecule has 2 N–H and O–H groups in total. The van der Waals surface area contributed by atoms with Crippen molar-refractivity contribution in [2.24, 2.45) is 5.92 Å². The molecule has 2 aromatic heterocycles. The molecular weight excluding hydrogens is 737 g/mol. The number of nitrogens with zero attached hydrogens (tertiary/aromatic N) is 7. The highest BCUT2D eigenvalue weighted by Gasteiger charge is 2.34. The van der Waals surface area contributed by atoms with Crippen molar-refractivity contribution in [3.63, 3.8) is 0 Å². The summed E-state index contributed by atoms with van der Waals surface area (Å²) in [6.07, 6.45) is 6.91. The highest BCUT2D eigenvalue weighted by Crippen LogP contribution is 2.35. The van der Waals surface area contributed by atoms with Crippen molar-refractivity contribution in [1.82, 2.24) is 30.3 Å². The Morgan fingerprint density at radius 2 is 1.80 bits per heavy atom. The fourth-order valence-electron chi connectivity index (χ4n) is 8.69. The lowest BCUT2D eigenvalue weighted by Crippen LogP contribution is -2.49. The van der Waals surface area contributed by atoms with Crippen LogP contribution in [-0.2, 0) is 4.79 Å². The van der Waals surface area contributed by atoms with Crippen LogP contribution in [0.5, 0.6) is 5.75 Å². The van der Waals surface area contributed by atoms with Crippen molar-refractivity contribution in [3.05, 3.63) is 77.1 Å². The number of alkyl halides is 1. The molecule has 4 amide bonds. The molecule has 56 heavy (non-hydrogen) atoms. The number of nitriles is 1. The van der Waals surface area contributed by atoms with Gasteiger partial charge >= 0.3 is 6.03 Å². The Hall–Kier alpha value is -5.26. The molecule has 292 valence electrons. The van der Waals surface area contributed by atoms with Crippen molar-refractivity contribution >= 4 is 51.9 Å². The molecule has 4 fully saturated rings. The van der Waals surface area contributed by atoms with Gasteiger partial charge in [0.2, 0.25) is 5.91 Å². The fourth-order valence-corrected chi connectivity index (χ4v) is 8.90. The molecule has 0 radical (unpaired) electrons. The predicted octanol–water partition coefficient (Wildman–Crippen LogP) is 6.02. The summed E-state index contributed by atoms with van der Waals surface area (Å²) in [5.74, 6) is 1.33. The monoisotopic (exact) mass is 781 g/mol. The van der Waals surface area contributed by atoms with Gasteiger partial charge in [0, 0.05) is 69.4 Å². The van der Waals surface area contributed by atoms with Gasteiger partial charge in [-0.1, -0.05) is 17.7 Å². The minimum absolute atomic E-state index is 0.0171. The average molecular weight is 782 g/mol. The maximum absolute atomic E-state index is 15.9. The summed E-state index contributed by atoms with van der Waals surface area (Å²) in [7, 11) is 0. The van der Waals surface area contributed by atoms with Crippen LogP contribution in [-0.4, -0.2) is 95.1 Å². The Bertz CT molecular complexity index is 2130. The number of ether oxygens (including phenoxy) is 1. The molecule has 13 nitrogen and oxygen atoms in total. The minimum Gasteiger partial charge on any atom is -0.490 e. The maximum atomic E-state index is 15.9. The smallest absolute Gasteiger partial charge is 0.328 e. The summed E-state index contributed by atoms with van der Waals surface area (Å²) in [4.78, 5) is 43.3. The number of carbonyl (C=O) groups is 3. The van der Waals surface area contributed by atoms with Crippen LogP contribution in [0.15, 0.2) is 60.8 Å². The first kappa shape index (κ1) is 37.7. The molecule has 1 aliphatic carbocycles. The standard InChI is InChI=1S/C41H45ClFN9O4/c42-32-22-30(7-4-27(32)23-44)56-29-8-5-28(6-9-29)45-40(54)34-10-11-38(48-47-34)50-18-12-26(13-19-50)24-49-17-15-37(33(43)25-49)51-20-14-31-35(51)2-1-3-36(31)52-21-16-39(53)46-41(52)55/h1-4,7,10-11,14,20,22,26,28-29,33,37H,5-6,8-9,12-13,15-19,21,24-25H2,(H,45,54)(H,46,53,55)/t28?,29?,33-,37-/m0/s1. The molecule has 4 aliphatic rings. The number of anilines is 2. The highest BCUT2D eigenvalue weighted by atomic mass is 35.5. The zero-order valence-electron chi connectivity index (χ0n) is 31.1.